The standard InChI is InChI=1S/C13H21BrN2/c1-10-8-12(16(2)15-10)9-11-6-4-3-5-7-13(11)14/h8,11,13H,3-7,9H2,1-2H3. The molecule has 2 rings (SSSR count). The molecule has 1 aromatic heterocycles. The lowest BCUT2D eigenvalue weighted by Gasteiger charge is -2.19. The molecule has 0 spiro atoms. The molecule has 16 heavy (non-hydrogen) atoms. The number of rotatable bonds is 2. The Morgan fingerprint density at radius 2 is 2.12 bits per heavy atom. The molecule has 0 N–H and O–H groups in total. The summed E-state index contributed by atoms with van der Waals surface area (Å²) in [5.74, 6) is 0.789. The van der Waals surface area contributed by atoms with Gasteiger partial charge in [-0.1, -0.05) is 35.2 Å². The van der Waals surface area contributed by atoms with E-state index in [0.29, 0.717) is 4.83 Å². The van der Waals surface area contributed by atoms with Crippen LogP contribution < -0.4 is 0 Å². The Balaban J connectivity index is 2.04. The van der Waals surface area contributed by atoms with E-state index >= 15 is 0 Å². The third kappa shape index (κ3) is 2.88. The largest absolute Gasteiger partial charge is 0.272 e. The average Bonchev–Trinajstić information content (AvgIpc) is 2.43. The summed E-state index contributed by atoms with van der Waals surface area (Å²) < 4.78 is 2.04. The van der Waals surface area contributed by atoms with Crippen molar-refractivity contribution in [2.24, 2.45) is 13.0 Å². The van der Waals surface area contributed by atoms with Gasteiger partial charge < -0.3 is 0 Å². The Morgan fingerprint density at radius 1 is 1.38 bits per heavy atom. The Kier molecular flexibility index (Phi) is 4.06. The SMILES string of the molecule is Cc1cc(CC2CCCCCC2Br)n(C)n1. The number of nitrogens with zero attached hydrogens (tertiary/aromatic N) is 2. The van der Waals surface area contributed by atoms with Gasteiger partial charge in [0.1, 0.15) is 0 Å². The lowest BCUT2D eigenvalue weighted by molar-refractivity contribution is 0.460. The van der Waals surface area contributed by atoms with E-state index < -0.39 is 0 Å². The molecular weight excluding hydrogens is 264 g/mol. The molecule has 0 saturated heterocycles. The average molecular weight is 285 g/mol. The molecule has 0 aromatic carbocycles. The maximum Gasteiger partial charge on any atom is 0.0596 e. The fourth-order valence-electron chi connectivity index (χ4n) is 2.69. The van der Waals surface area contributed by atoms with Gasteiger partial charge in [-0.05, 0) is 38.2 Å². The first-order valence-electron chi connectivity index (χ1n) is 6.30. The Morgan fingerprint density at radius 3 is 2.81 bits per heavy atom. The molecule has 1 saturated carbocycles. The second-order valence-electron chi connectivity index (χ2n) is 5.02. The van der Waals surface area contributed by atoms with Gasteiger partial charge >= 0.3 is 0 Å². The van der Waals surface area contributed by atoms with Crippen LogP contribution in [0.4, 0.5) is 0 Å². The summed E-state index contributed by atoms with van der Waals surface area (Å²) in [4.78, 5) is 0.699. The normalized spacial score (nSPS) is 26.7. The van der Waals surface area contributed by atoms with Crippen molar-refractivity contribution in [2.45, 2.75) is 50.3 Å². The van der Waals surface area contributed by atoms with E-state index in [0.717, 1.165) is 11.6 Å². The van der Waals surface area contributed by atoms with E-state index in [4.69, 9.17) is 0 Å². The first-order valence-corrected chi connectivity index (χ1v) is 7.22. The van der Waals surface area contributed by atoms with Crippen LogP contribution in [-0.4, -0.2) is 14.6 Å². The van der Waals surface area contributed by atoms with Gasteiger partial charge in [0.25, 0.3) is 0 Å². The second kappa shape index (κ2) is 5.35. The highest BCUT2D eigenvalue weighted by Gasteiger charge is 2.22. The van der Waals surface area contributed by atoms with Gasteiger partial charge in [0, 0.05) is 17.6 Å². The third-order valence-corrected chi connectivity index (χ3v) is 4.84. The van der Waals surface area contributed by atoms with E-state index in [1.165, 1.54) is 44.2 Å². The molecule has 1 heterocycles. The van der Waals surface area contributed by atoms with Crippen molar-refractivity contribution in [3.63, 3.8) is 0 Å². The molecule has 1 aliphatic rings. The van der Waals surface area contributed by atoms with E-state index in [1.807, 2.05) is 4.68 Å². The molecule has 0 aliphatic heterocycles. The summed E-state index contributed by atoms with van der Waals surface area (Å²) in [6.45, 7) is 2.07. The molecule has 0 radical (unpaired) electrons. The minimum Gasteiger partial charge on any atom is -0.272 e. The van der Waals surface area contributed by atoms with Gasteiger partial charge in [-0.25, -0.2) is 0 Å². The van der Waals surface area contributed by atoms with Gasteiger partial charge in [-0.2, -0.15) is 5.10 Å². The fraction of sp³-hybridized carbons (Fsp3) is 0.769. The zero-order valence-corrected chi connectivity index (χ0v) is 11.8. The van der Waals surface area contributed by atoms with Gasteiger partial charge in [-0.3, -0.25) is 4.68 Å². The lowest BCUT2D eigenvalue weighted by atomic mass is 9.95. The van der Waals surface area contributed by atoms with Crippen molar-refractivity contribution < 1.29 is 0 Å². The summed E-state index contributed by atoms with van der Waals surface area (Å²) in [5, 5.41) is 4.43. The van der Waals surface area contributed by atoms with Gasteiger partial charge in [-0.15, -0.1) is 0 Å². The van der Waals surface area contributed by atoms with Crippen LogP contribution in [0, 0.1) is 12.8 Å². The summed E-state index contributed by atoms with van der Waals surface area (Å²) in [6.07, 6.45) is 8.05. The second-order valence-corrected chi connectivity index (χ2v) is 6.20. The van der Waals surface area contributed by atoms with Crippen LogP contribution in [0.15, 0.2) is 6.07 Å². The Labute approximate surface area is 107 Å². The van der Waals surface area contributed by atoms with Crippen LogP contribution in [0.2, 0.25) is 0 Å². The molecule has 1 aromatic rings. The number of hydrogen-bond donors (Lipinski definition) is 0. The maximum absolute atomic E-state index is 4.43. The van der Waals surface area contributed by atoms with Crippen LogP contribution in [0.25, 0.3) is 0 Å². The van der Waals surface area contributed by atoms with Gasteiger partial charge in [0.15, 0.2) is 0 Å². The van der Waals surface area contributed by atoms with Crippen LogP contribution in [0.1, 0.15) is 43.5 Å². The third-order valence-electron chi connectivity index (χ3n) is 3.64. The molecule has 0 amide bonds. The Hall–Kier alpha value is -0.310. The van der Waals surface area contributed by atoms with Crippen molar-refractivity contribution in [2.75, 3.05) is 0 Å². The monoisotopic (exact) mass is 284 g/mol. The van der Waals surface area contributed by atoms with Crippen LogP contribution >= 0.6 is 15.9 Å². The lowest BCUT2D eigenvalue weighted by Crippen LogP contribution is -2.17. The maximum atomic E-state index is 4.43. The zero-order chi connectivity index (χ0) is 11.5. The minimum absolute atomic E-state index is 0.699. The number of aryl methyl sites for hydroxylation is 2. The molecule has 3 heteroatoms. The van der Waals surface area contributed by atoms with Crippen LogP contribution in [0.3, 0.4) is 0 Å². The molecule has 1 aliphatic carbocycles. The first kappa shape index (κ1) is 12.2. The van der Waals surface area contributed by atoms with Crippen molar-refractivity contribution in [3.8, 4) is 0 Å². The first-order chi connectivity index (χ1) is 7.66. The minimum atomic E-state index is 0.699. The topological polar surface area (TPSA) is 17.8 Å². The summed E-state index contributed by atoms with van der Waals surface area (Å²) >= 11 is 3.86. The number of halogens is 1. The van der Waals surface area contributed by atoms with E-state index in [1.54, 1.807) is 0 Å². The fourth-order valence-corrected chi connectivity index (χ4v) is 3.47. The van der Waals surface area contributed by atoms with Gasteiger partial charge in [0.2, 0.25) is 0 Å². The molecule has 2 unspecified atom stereocenters. The van der Waals surface area contributed by atoms with Crippen LogP contribution in [0.5, 0.6) is 0 Å². The van der Waals surface area contributed by atoms with Crippen molar-refractivity contribution in [1.82, 2.24) is 9.78 Å². The van der Waals surface area contributed by atoms with Crippen molar-refractivity contribution >= 4 is 15.9 Å². The predicted octanol–water partition coefficient (Wildman–Crippen LogP) is 3.61. The van der Waals surface area contributed by atoms with E-state index in [-0.39, 0.29) is 0 Å². The van der Waals surface area contributed by atoms with Crippen molar-refractivity contribution in [3.05, 3.63) is 17.5 Å². The molecule has 2 atom stereocenters. The molecule has 90 valence electrons. The zero-order valence-electron chi connectivity index (χ0n) is 10.2. The molecule has 0 bridgehead atoms. The van der Waals surface area contributed by atoms with E-state index in [9.17, 15) is 0 Å². The number of aromatic nitrogens is 2. The molecular formula is C13H21BrN2. The summed E-state index contributed by atoms with van der Waals surface area (Å²) in [5.41, 5.74) is 2.52. The van der Waals surface area contributed by atoms with Gasteiger partial charge in [0.05, 0.1) is 5.69 Å². The predicted molar refractivity (Wildman–Crippen MR) is 70.9 cm³/mol. The van der Waals surface area contributed by atoms with E-state index in [2.05, 4.69) is 41.1 Å². The quantitative estimate of drug-likeness (QED) is 0.599. The highest BCUT2D eigenvalue weighted by atomic mass is 79.9. The van der Waals surface area contributed by atoms with Crippen molar-refractivity contribution in [1.29, 1.82) is 0 Å². The number of hydrogen-bond acceptors (Lipinski definition) is 1. The number of alkyl halides is 1. The smallest absolute Gasteiger partial charge is 0.0596 e. The highest BCUT2D eigenvalue weighted by molar-refractivity contribution is 9.09. The Bertz CT molecular complexity index is 346. The summed E-state index contributed by atoms with van der Waals surface area (Å²) in [7, 11) is 2.06. The molecule has 1 fully saturated rings. The summed E-state index contributed by atoms with van der Waals surface area (Å²) in [6, 6.07) is 2.23. The molecule has 2 nitrogen and oxygen atoms in total. The van der Waals surface area contributed by atoms with Crippen LogP contribution in [-0.2, 0) is 13.5 Å². The highest BCUT2D eigenvalue weighted by Crippen LogP contribution is 2.31.